The van der Waals surface area contributed by atoms with E-state index >= 15 is 0 Å². The highest BCUT2D eigenvalue weighted by molar-refractivity contribution is 5.93. The van der Waals surface area contributed by atoms with Gasteiger partial charge in [0, 0.05) is 44.6 Å². The van der Waals surface area contributed by atoms with Crippen molar-refractivity contribution >= 4 is 17.6 Å². The van der Waals surface area contributed by atoms with Gasteiger partial charge in [0.15, 0.2) is 0 Å². The average molecular weight is 367 g/mol. The molecular formula is C20H25N5O2. The van der Waals surface area contributed by atoms with Crippen molar-refractivity contribution in [2.24, 2.45) is 0 Å². The van der Waals surface area contributed by atoms with E-state index in [4.69, 9.17) is 0 Å². The number of rotatable bonds is 5. The number of nitrogens with one attached hydrogen (secondary N) is 1. The highest BCUT2D eigenvalue weighted by atomic mass is 16.2. The lowest BCUT2D eigenvalue weighted by Gasteiger charge is -2.31. The molecule has 7 heteroatoms. The monoisotopic (exact) mass is 367 g/mol. The minimum absolute atomic E-state index is 0.0505. The van der Waals surface area contributed by atoms with Crippen molar-refractivity contribution < 1.29 is 9.59 Å². The van der Waals surface area contributed by atoms with Gasteiger partial charge < -0.3 is 10.2 Å². The third-order valence-corrected chi connectivity index (χ3v) is 4.66. The molecule has 142 valence electrons. The number of hydrogen-bond donors (Lipinski definition) is 1. The van der Waals surface area contributed by atoms with Gasteiger partial charge in [-0.25, -0.2) is 4.98 Å². The lowest BCUT2D eigenvalue weighted by atomic mass is 9.94. The van der Waals surface area contributed by atoms with Crippen LogP contribution in [0.5, 0.6) is 0 Å². The van der Waals surface area contributed by atoms with E-state index < -0.39 is 0 Å². The first-order valence-corrected chi connectivity index (χ1v) is 9.14. The molecule has 2 aromatic rings. The van der Waals surface area contributed by atoms with E-state index in [0.29, 0.717) is 17.9 Å². The first-order chi connectivity index (χ1) is 13.0. The second-order valence-corrected chi connectivity index (χ2v) is 7.01. The number of nitrogens with zero attached hydrogens (tertiary/aromatic N) is 4. The van der Waals surface area contributed by atoms with Crippen LogP contribution in [0.25, 0.3) is 0 Å². The molecule has 3 heterocycles. The SMILES string of the molecule is CN(C)C(=O)c1ccc(C2CCCN(CC(=O)Nc3ccccn3)C2)nc1. The molecule has 1 aliphatic rings. The van der Waals surface area contributed by atoms with Crippen molar-refractivity contribution in [2.45, 2.75) is 18.8 Å². The molecule has 1 atom stereocenters. The Labute approximate surface area is 159 Å². The molecular weight excluding hydrogens is 342 g/mol. The van der Waals surface area contributed by atoms with E-state index in [1.165, 1.54) is 0 Å². The minimum Gasteiger partial charge on any atom is -0.345 e. The van der Waals surface area contributed by atoms with E-state index in [2.05, 4.69) is 20.2 Å². The Balaban J connectivity index is 1.57. The summed E-state index contributed by atoms with van der Waals surface area (Å²) in [5.41, 5.74) is 1.56. The summed E-state index contributed by atoms with van der Waals surface area (Å²) in [7, 11) is 3.45. The van der Waals surface area contributed by atoms with Gasteiger partial charge in [-0.15, -0.1) is 0 Å². The molecule has 7 nitrogen and oxygen atoms in total. The third kappa shape index (κ3) is 5.10. The number of hydrogen-bond acceptors (Lipinski definition) is 5. The normalized spacial score (nSPS) is 17.3. The van der Waals surface area contributed by atoms with Crippen molar-refractivity contribution in [3.05, 3.63) is 54.0 Å². The summed E-state index contributed by atoms with van der Waals surface area (Å²) in [6.45, 7) is 2.01. The summed E-state index contributed by atoms with van der Waals surface area (Å²) in [6, 6.07) is 9.19. The van der Waals surface area contributed by atoms with Crippen molar-refractivity contribution in [1.82, 2.24) is 19.8 Å². The fourth-order valence-electron chi connectivity index (χ4n) is 3.29. The van der Waals surface area contributed by atoms with Crippen molar-refractivity contribution in [3.63, 3.8) is 0 Å². The molecule has 0 spiro atoms. The number of amides is 2. The van der Waals surface area contributed by atoms with Crippen LogP contribution in [0.2, 0.25) is 0 Å². The van der Waals surface area contributed by atoms with E-state index in [9.17, 15) is 9.59 Å². The molecule has 27 heavy (non-hydrogen) atoms. The number of carbonyl (C=O) groups excluding carboxylic acids is 2. The molecule has 1 aliphatic heterocycles. The number of anilines is 1. The Kier molecular flexibility index (Phi) is 6.13. The average Bonchev–Trinajstić information content (AvgIpc) is 2.68. The van der Waals surface area contributed by atoms with Gasteiger partial charge in [0.05, 0.1) is 12.1 Å². The molecule has 3 rings (SSSR count). The Bertz CT molecular complexity index is 777. The highest BCUT2D eigenvalue weighted by Gasteiger charge is 2.24. The van der Waals surface area contributed by atoms with Crippen LogP contribution in [0, 0.1) is 0 Å². The van der Waals surface area contributed by atoms with Gasteiger partial charge in [-0.05, 0) is 43.7 Å². The molecule has 0 aromatic carbocycles. The van der Waals surface area contributed by atoms with Gasteiger partial charge in [-0.2, -0.15) is 0 Å². The van der Waals surface area contributed by atoms with Crippen LogP contribution >= 0.6 is 0 Å². The number of piperidine rings is 1. The molecule has 0 saturated carbocycles. The summed E-state index contributed by atoms with van der Waals surface area (Å²) in [4.78, 5) is 36.5. The molecule has 1 unspecified atom stereocenters. The van der Waals surface area contributed by atoms with Gasteiger partial charge in [-0.1, -0.05) is 6.07 Å². The molecule has 2 amide bonds. The topological polar surface area (TPSA) is 78.4 Å². The summed E-state index contributed by atoms with van der Waals surface area (Å²) < 4.78 is 0. The Morgan fingerprint density at radius 2 is 2.07 bits per heavy atom. The van der Waals surface area contributed by atoms with Crippen LogP contribution < -0.4 is 5.32 Å². The molecule has 0 aliphatic carbocycles. The quantitative estimate of drug-likeness (QED) is 0.874. The lowest BCUT2D eigenvalue weighted by molar-refractivity contribution is -0.117. The zero-order valence-corrected chi connectivity index (χ0v) is 15.8. The van der Waals surface area contributed by atoms with E-state index in [1.807, 2.05) is 24.3 Å². The Morgan fingerprint density at radius 1 is 1.22 bits per heavy atom. The molecule has 1 N–H and O–H groups in total. The van der Waals surface area contributed by atoms with Crippen molar-refractivity contribution in [1.29, 1.82) is 0 Å². The summed E-state index contributed by atoms with van der Waals surface area (Å²) >= 11 is 0. The van der Waals surface area contributed by atoms with Gasteiger partial charge >= 0.3 is 0 Å². The fourth-order valence-corrected chi connectivity index (χ4v) is 3.29. The second-order valence-electron chi connectivity index (χ2n) is 7.01. The van der Waals surface area contributed by atoms with Gasteiger partial charge in [0.1, 0.15) is 5.82 Å². The standard InChI is InChI=1S/C20H25N5O2/c1-24(2)20(27)15-8-9-17(22-12-15)16-6-5-11-25(13-16)14-19(26)23-18-7-3-4-10-21-18/h3-4,7-10,12,16H,5-6,11,13-14H2,1-2H3,(H,21,23,26). The zero-order chi connectivity index (χ0) is 19.2. The lowest BCUT2D eigenvalue weighted by Crippen LogP contribution is -2.40. The molecule has 1 saturated heterocycles. The van der Waals surface area contributed by atoms with Crippen LogP contribution in [0.4, 0.5) is 5.82 Å². The maximum absolute atomic E-state index is 12.3. The van der Waals surface area contributed by atoms with Crippen molar-refractivity contribution in [2.75, 3.05) is 39.0 Å². The third-order valence-electron chi connectivity index (χ3n) is 4.66. The van der Waals surface area contributed by atoms with Crippen LogP contribution in [-0.4, -0.2) is 65.3 Å². The van der Waals surface area contributed by atoms with E-state index in [0.717, 1.165) is 31.6 Å². The smallest absolute Gasteiger partial charge is 0.254 e. The van der Waals surface area contributed by atoms with E-state index in [-0.39, 0.29) is 17.7 Å². The maximum Gasteiger partial charge on any atom is 0.254 e. The first kappa shape index (κ1) is 19.0. The number of likely N-dealkylation sites (tertiary alicyclic amines) is 1. The van der Waals surface area contributed by atoms with Gasteiger partial charge in [0.25, 0.3) is 5.91 Å². The number of aromatic nitrogens is 2. The van der Waals surface area contributed by atoms with Gasteiger partial charge in [0.2, 0.25) is 5.91 Å². The zero-order valence-electron chi connectivity index (χ0n) is 15.8. The summed E-state index contributed by atoms with van der Waals surface area (Å²) in [5, 5.41) is 2.82. The predicted octanol–water partition coefficient (Wildman–Crippen LogP) is 2.00. The molecule has 1 fully saturated rings. The van der Waals surface area contributed by atoms with E-state index in [1.54, 1.807) is 37.5 Å². The van der Waals surface area contributed by atoms with Crippen LogP contribution in [0.15, 0.2) is 42.7 Å². The summed E-state index contributed by atoms with van der Waals surface area (Å²) in [6.07, 6.45) is 5.35. The van der Waals surface area contributed by atoms with Gasteiger partial charge in [-0.3, -0.25) is 19.5 Å². The molecule has 0 bridgehead atoms. The summed E-state index contributed by atoms with van der Waals surface area (Å²) in [5.74, 6) is 0.725. The number of carbonyl (C=O) groups is 2. The second kappa shape index (κ2) is 8.73. The Hall–Kier alpha value is -2.80. The predicted molar refractivity (Wildman–Crippen MR) is 104 cm³/mol. The molecule has 0 radical (unpaired) electrons. The highest BCUT2D eigenvalue weighted by Crippen LogP contribution is 2.25. The first-order valence-electron chi connectivity index (χ1n) is 9.14. The van der Waals surface area contributed by atoms with Crippen molar-refractivity contribution in [3.8, 4) is 0 Å². The molecule has 2 aromatic heterocycles. The van der Waals surface area contributed by atoms with Crippen LogP contribution in [0.3, 0.4) is 0 Å². The maximum atomic E-state index is 12.3. The minimum atomic E-state index is -0.0609. The van der Waals surface area contributed by atoms with Crippen LogP contribution in [-0.2, 0) is 4.79 Å². The van der Waals surface area contributed by atoms with Crippen LogP contribution in [0.1, 0.15) is 34.8 Å². The number of pyridine rings is 2. The fraction of sp³-hybridized carbons (Fsp3) is 0.400. The largest absolute Gasteiger partial charge is 0.345 e. The Morgan fingerprint density at radius 3 is 2.74 bits per heavy atom.